The van der Waals surface area contributed by atoms with Crippen LogP contribution in [0.4, 0.5) is 17.5 Å². The number of hydrogen-bond donors (Lipinski definition) is 1. The molecule has 1 saturated heterocycles. The number of benzene rings is 1. The first-order chi connectivity index (χ1) is 13.2. The van der Waals surface area contributed by atoms with Crippen LogP contribution in [0, 0.1) is 0 Å². The fourth-order valence-corrected chi connectivity index (χ4v) is 3.19. The zero-order chi connectivity index (χ0) is 19.1. The van der Waals surface area contributed by atoms with Crippen LogP contribution in [-0.2, 0) is 0 Å². The van der Waals surface area contributed by atoms with Crippen LogP contribution < -0.4 is 19.9 Å². The van der Waals surface area contributed by atoms with Gasteiger partial charge in [0.05, 0.1) is 7.11 Å². The van der Waals surface area contributed by atoms with E-state index in [0.29, 0.717) is 5.95 Å². The summed E-state index contributed by atoms with van der Waals surface area (Å²) >= 11 is 0. The number of anilines is 3. The van der Waals surface area contributed by atoms with Crippen LogP contribution in [0.2, 0.25) is 0 Å². The number of nitrogens with one attached hydrogen (secondary N) is 1. The Balaban J connectivity index is 1.52. The average molecular weight is 371 g/mol. The van der Waals surface area contributed by atoms with Gasteiger partial charge < -0.3 is 24.8 Å². The molecule has 0 bridgehead atoms. The van der Waals surface area contributed by atoms with Gasteiger partial charge in [-0.15, -0.1) is 0 Å². The predicted molar refractivity (Wildman–Crippen MR) is 111 cm³/mol. The third-order valence-electron chi connectivity index (χ3n) is 4.75. The molecule has 7 nitrogen and oxygen atoms in total. The maximum atomic E-state index is 5.24. The smallest absolute Gasteiger partial charge is 0.224 e. The van der Waals surface area contributed by atoms with Crippen molar-refractivity contribution in [3.63, 3.8) is 0 Å². The summed E-state index contributed by atoms with van der Waals surface area (Å²) in [6.45, 7) is 5.78. The highest BCUT2D eigenvalue weighted by atomic mass is 16.5. The third kappa shape index (κ3) is 5.47. The second-order valence-electron chi connectivity index (χ2n) is 6.99. The quantitative estimate of drug-likeness (QED) is 0.715. The van der Waals surface area contributed by atoms with Crippen molar-refractivity contribution in [3.8, 4) is 5.75 Å². The van der Waals surface area contributed by atoms with Gasteiger partial charge in [0.25, 0.3) is 0 Å². The fourth-order valence-electron chi connectivity index (χ4n) is 3.19. The molecule has 0 unspecified atom stereocenters. The molecule has 1 fully saturated rings. The maximum absolute atomic E-state index is 5.24. The van der Waals surface area contributed by atoms with Gasteiger partial charge in [-0.2, -0.15) is 4.98 Å². The molecule has 0 spiro atoms. The van der Waals surface area contributed by atoms with Crippen LogP contribution in [0.25, 0.3) is 0 Å². The Morgan fingerprint density at radius 2 is 1.74 bits per heavy atom. The van der Waals surface area contributed by atoms with Crippen molar-refractivity contribution in [2.75, 3.05) is 75.6 Å². The number of piperazine rings is 1. The lowest BCUT2D eigenvalue weighted by molar-refractivity contribution is 0.405. The molecule has 1 aromatic carbocycles. The van der Waals surface area contributed by atoms with Gasteiger partial charge in [-0.05, 0) is 57.4 Å². The Labute approximate surface area is 162 Å². The van der Waals surface area contributed by atoms with E-state index in [4.69, 9.17) is 4.74 Å². The summed E-state index contributed by atoms with van der Waals surface area (Å²) in [7, 11) is 5.87. The molecule has 0 aliphatic carbocycles. The second-order valence-corrected chi connectivity index (χ2v) is 6.99. The Morgan fingerprint density at radius 3 is 2.41 bits per heavy atom. The lowest BCUT2D eigenvalue weighted by Crippen LogP contribution is -2.46. The van der Waals surface area contributed by atoms with Gasteiger partial charge in [-0.25, -0.2) is 4.98 Å². The topological polar surface area (TPSA) is 56.8 Å². The molecule has 2 aromatic rings. The van der Waals surface area contributed by atoms with E-state index in [9.17, 15) is 0 Å². The van der Waals surface area contributed by atoms with Gasteiger partial charge in [0.15, 0.2) is 0 Å². The number of nitrogens with zero attached hydrogens (tertiary/aromatic N) is 5. The molecule has 146 valence electrons. The minimum Gasteiger partial charge on any atom is -0.497 e. The molecule has 3 rings (SSSR count). The van der Waals surface area contributed by atoms with Crippen molar-refractivity contribution < 1.29 is 4.74 Å². The van der Waals surface area contributed by atoms with Crippen LogP contribution in [0.1, 0.15) is 6.42 Å². The number of ether oxygens (including phenoxy) is 1. The van der Waals surface area contributed by atoms with Crippen molar-refractivity contribution in [2.24, 2.45) is 0 Å². The molecule has 0 amide bonds. The Morgan fingerprint density at radius 1 is 1.04 bits per heavy atom. The predicted octanol–water partition coefficient (Wildman–Crippen LogP) is 2.18. The van der Waals surface area contributed by atoms with Gasteiger partial charge in [0.1, 0.15) is 11.6 Å². The van der Waals surface area contributed by atoms with Gasteiger partial charge in [-0.3, -0.25) is 0 Å². The standard InChI is InChI=1S/C20H30N6O/c1-24(2)12-4-10-21-20-22-11-9-19(23-20)26-15-13-25(14-16-26)17-5-7-18(27-3)8-6-17/h5-9,11H,4,10,12-16H2,1-3H3,(H,21,22,23). The Hall–Kier alpha value is -2.54. The van der Waals surface area contributed by atoms with E-state index in [0.717, 1.165) is 57.3 Å². The number of hydrogen-bond acceptors (Lipinski definition) is 7. The molecule has 1 aliphatic heterocycles. The zero-order valence-corrected chi connectivity index (χ0v) is 16.6. The van der Waals surface area contributed by atoms with Gasteiger partial charge in [-0.1, -0.05) is 0 Å². The van der Waals surface area contributed by atoms with Crippen LogP contribution in [0.3, 0.4) is 0 Å². The van der Waals surface area contributed by atoms with Gasteiger partial charge in [0, 0.05) is 44.6 Å². The summed E-state index contributed by atoms with van der Waals surface area (Å²) in [5.41, 5.74) is 1.24. The van der Waals surface area contributed by atoms with Crippen LogP contribution >= 0.6 is 0 Å². The molecule has 7 heteroatoms. The van der Waals surface area contributed by atoms with Gasteiger partial charge >= 0.3 is 0 Å². The number of methoxy groups -OCH3 is 1. The molecule has 0 radical (unpaired) electrons. The summed E-state index contributed by atoms with van der Waals surface area (Å²) in [6, 6.07) is 10.3. The van der Waals surface area contributed by atoms with E-state index in [-0.39, 0.29) is 0 Å². The van der Waals surface area contributed by atoms with Crippen LogP contribution in [-0.4, -0.2) is 75.3 Å². The van der Waals surface area contributed by atoms with Crippen molar-refractivity contribution in [2.45, 2.75) is 6.42 Å². The molecular weight excluding hydrogens is 340 g/mol. The first kappa shape index (κ1) is 19.2. The van der Waals surface area contributed by atoms with E-state index < -0.39 is 0 Å². The van der Waals surface area contributed by atoms with Crippen molar-refractivity contribution in [3.05, 3.63) is 36.5 Å². The third-order valence-corrected chi connectivity index (χ3v) is 4.75. The van der Waals surface area contributed by atoms with E-state index in [1.807, 2.05) is 24.4 Å². The molecule has 1 aliphatic rings. The minimum atomic E-state index is 0.712. The summed E-state index contributed by atoms with van der Waals surface area (Å²) in [4.78, 5) is 15.9. The molecule has 27 heavy (non-hydrogen) atoms. The average Bonchev–Trinajstić information content (AvgIpc) is 2.71. The second kappa shape index (κ2) is 9.41. The van der Waals surface area contributed by atoms with Crippen molar-refractivity contribution in [1.29, 1.82) is 0 Å². The highest BCUT2D eigenvalue weighted by Gasteiger charge is 2.18. The summed E-state index contributed by atoms with van der Waals surface area (Å²) < 4.78 is 5.24. The van der Waals surface area contributed by atoms with Crippen LogP contribution in [0.15, 0.2) is 36.5 Å². The lowest BCUT2D eigenvalue weighted by atomic mass is 10.2. The van der Waals surface area contributed by atoms with Gasteiger partial charge in [0.2, 0.25) is 5.95 Å². The monoisotopic (exact) mass is 370 g/mol. The SMILES string of the molecule is COc1ccc(N2CCN(c3ccnc(NCCCN(C)C)n3)CC2)cc1. The summed E-state index contributed by atoms with van der Waals surface area (Å²) in [6.07, 6.45) is 2.91. The van der Waals surface area contributed by atoms with E-state index in [2.05, 4.69) is 56.2 Å². The molecular formula is C20H30N6O. The Kier molecular flexibility index (Phi) is 6.70. The summed E-state index contributed by atoms with van der Waals surface area (Å²) in [5.74, 6) is 2.60. The minimum absolute atomic E-state index is 0.712. The van der Waals surface area contributed by atoms with E-state index in [1.165, 1.54) is 5.69 Å². The molecule has 1 aromatic heterocycles. The van der Waals surface area contributed by atoms with Crippen molar-refractivity contribution >= 4 is 17.5 Å². The number of rotatable bonds is 8. The molecule has 1 N–H and O–H groups in total. The van der Waals surface area contributed by atoms with Crippen LogP contribution in [0.5, 0.6) is 5.75 Å². The molecule has 0 atom stereocenters. The van der Waals surface area contributed by atoms with E-state index >= 15 is 0 Å². The lowest BCUT2D eigenvalue weighted by Gasteiger charge is -2.36. The highest BCUT2D eigenvalue weighted by molar-refractivity contribution is 5.51. The molecule has 0 saturated carbocycles. The maximum Gasteiger partial charge on any atom is 0.224 e. The Bertz CT molecular complexity index is 698. The number of aromatic nitrogens is 2. The highest BCUT2D eigenvalue weighted by Crippen LogP contribution is 2.22. The summed E-state index contributed by atoms with van der Waals surface area (Å²) in [5, 5.41) is 3.33. The fraction of sp³-hybridized carbons (Fsp3) is 0.500. The largest absolute Gasteiger partial charge is 0.497 e. The van der Waals surface area contributed by atoms with Crippen molar-refractivity contribution in [1.82, 2.24) is 14.9 Å². The zero-order valence-electron chi connectivity index (χ0n) is 16.6. The van der Waals surface area contributed by atoms with E-state index in [1.54, 1.807) is 7.11 Å². The molecule has 2 heterocycles. The first-order valence-corrected chi connectivity index (χ1v) is 9.51. The first-order valence-electron chi connectivity index (χ1n) is 9.51. The normalized spacial score (nSPS) is 14.5.